The molecule has 0 aliphatic rings. The van der Waals surface area contributed by atoms with Crippen LogP contribution >= 0.6 is 0 Å². The summed E-state index contributed by atoms with van der Waals surface area (Å²) in [5, 5.41) is 8.08. The summed E-state index contributed by atoms with van der Waals surface area (Å²) in [7, 11) is 1.26. The highest BCUT2D eigenvalue weighted by Crippen LogP contribution is 2.11. The van der Waals surface area contributed by atoms with Gasteiger partial charge in [-0.2, -0.15) is 0 Å². The van der Waals surface area contributed by atoms with E-state index in [0.29, 0.717) is 12.8 Å². The molecule has 0 fully saturated rings. The van der Waals surface area contributed by atoms with Gasteiger partial charge in [0, 0.05) is 0 Å². The molecule has 0 spiro atoms. The molecule has 1 rings (SSSR count). The molecule has 0 aliphatic heterocycles. The molecule has 1 aromatic rings. The molecule has 9 nitrogen and oxygen atoms in total. The lowest BCUT2D eigenvalue weighted by Gasteiger charge is -2.27. The van der Waals surface area contributed by atoms with Crippen molar-refractivity contribution in [2.24, 2.45) is 17.8 Å². The summed E-state index contributed by atoms with van der Waals surface area (Å²) >= 11 is 0. The Labute approximate surface area is 208 Å². The van der Waals surface area contributed by atoms with Crippen molar-refractivity contribution in [1.82, 2.24) is 16.0 Å². The van der Waals surface area contributed by atoms with Gasteiger partial charge in [-0.05, 0) is 36.2 Å². The number of hydrogen-bond acceptors (Lipinski definition) is 6. The molecule has 0 unspecified atom stereocenters. The molecule has 3 N–H and O–H groups in total. The van der Waals surface area contributed by atoms with Crippen LogP contribution in [0.5, 0.6) is 0 Å². The number of alkyl carbamates (subject to hydrolysis) is 1. The van der Waals surface area contributed by atoms with E-state index in [0.717, 1.165) is 5.56 Å². The third-order valence-corrected chi connectivity index (χ3v) is 5.29. The zero-order chi connectivity index (χ0) is 26.5. The molecule has 196 valence electrons. The van der Waals surface area contributed by atoms with Crippen LogP contribution in [0, 0.1) is 17.8 Å². The van der Waals surface area contributed by atoms with Crippen molar-refractivity contribution in [2.75, 3.05) is 7.11 Å². The minimum absolute atomic E-state index is 0.0746. The molecule has 0 saturated carbocycles. The third kappa shape index (κ3) is 11.2. The summed E-state index contributed by atoms with van der Waals surface area (Å²) in [6.45, 7) is 11.4. The van der Waals surface area contributed by atoms with Gasteiger partial charge >= 0.3 is 12.1 Å². The Morgan fingerprint density at radius 1 is 0.771 bits per heavy atom. The minimum atomic E-state index is -0.887. The lowest BCUT2D eigenvalue weighted by Crippen LogP contribution is -2.57. The SMILES string of the molecule is COC(=O)[C@@H](NC(=O)[C@H](CC(C)C)NC(=O)[C@H](CC(C)C)NC(=O)OCc1ccccc1)C(C)C. The number of hydrogen-bond donors (Lipinski definition) is 3. The number of nitrogens with one attached hydrogen (secondary N) is 3. The van der Waals surface area contributed by atoms with Crippen LogP contribution < -0.4 is 16.0 Å². The Balaban J connectivity index is 2.90. The van der Waals surface area contributed by atoms with Crippen LogP contribution in [0.1, 0.15) is 59.9 Å². The van der Waals surface area contributed by atoms with E-state index in [4.69, 9.17) is 9.47 Å². The average molecular weight is 492 g/mol. The van der Waals surface area contributed by atoms with Gasteiger partial charge in [0.15, 0.2) is 0 Å². The second-order valence-corrected chi connectivity index (χ2v) is 9.83. The van der Waals surface area contributed by atoms with Gasteiger partial charge in [0.05, 0.1) is 7.11 Å². The predicted molar refractivity (Wildman–Crippen MR) is 133 cm³/mol. The normalized spacial score (nSPS) is 13.7. The van der Waals surface area contributed by atoms with E-state index in [2.05, 4.69) is 16.0 Å². The van der Waals surface area contributed by atoms with Gasteiger partial charge in [-0.3, -0.25) is 9.59 Å². The molecule has 35 heavy (non-hydrogen) atoms. The number of esters is 1. The van der Waals surface area contributed by atoms with Crippen LogP contribution in [0.3, 0.4) is 0 Å². The highest BCUT2D eigenvalue weighted by molar-refractivity contribution is 5.93. The zero-order valence-electron chi connectivity index (χ0n) is 21.9. The number of ether oxygens (including phenoxy) is 2. The monoisotopic (exact) mass is 491 g/mol. The van der Waals surface area contributed by atoms with E-state index in [9.17, 15) is 19.2 Å². The van der Waals surface area contributed by atoms with Crippen LogP contribution in [0.2, 0.25) is 0 Å². The molecule has 3 amide bonds. The Hall–Kier alpha value is -3.10. The van der Waals surface area contributed by atoms with Gasteiger partial charge in [0.2, 0.25) is 11.8 Å². The highest BCUT2D eigenvalue weighted by Gasteiger charge is 2.32. The van der Waals surface area contributed by atoms with E-state index in [-0.39, 0.29) is 24.4 Å². The van der Waals surface area contributed by atoms with Crippen molar-refractivity contribution in [2.45, 2.75) is 79.1 Å². The highest BCUT2D eigenvalue weighted by atomic mass is 16.5. The second kappa shape index (κ2) is 15.0. The van der Waals surface area contributed by atoms with Crippen molar-refractivity contribution in [3.63, 3.8) is 0 Å². The molecule has 0 aliphatic carbocycles. The van der Waals surface area contributed by atoms with Crippen molar-refractivity contribution in [3.8, 4) is 0 Å². The van der Waals surface area contributed by atoms with Gasteiger partial charge in [-0.15, -0.1) is 0 Å². The third-order valence-electron chi connectivity index (χ3n) is 5.29. The van der Waals surface area contributed by atoms with Crippen molar-refractivity contribution in [3.05, 3.63) is 35.9 Å². The predicted octanol–water partition coefficient (Wildman–Crippen LogP) is 3.17. The minimum Gasteiger partial charge on any atom is -0.467 e. The van der Waals surface area contributed by atoms with Crippen LogP contribution in [0.4, 0.5) is 4.79 Å². The van der Waals surface area contributed by atoms with Crippen molar-refractivity contribution < 1.29 is 28.7 Å². The quantitative estimate of drug-likeness (QED) is 0.364. The van der Waals surface area contributed by atoms with Crippen LogP contribution in [-0.2, 0) is 30.5 Å². The molecular formula is C26H41N3O6. The fourth-order valence-electron chi connectivity index (χ4n) is 3.46. The van der Waals surface area contributed by atoms with Gasteiger partial charge in [0.25, 0.3) is 0 Å². The van der Waals surface area contributed by atoms with E-state index >= 15 is 0 Å². The summed E-state index contributed by atoms with van der Waals surface area (Å²) in [6, 6.07) is 6.61. The first-order valence-electron chi connectivity index (χ1n) is 12.1. The van der Waals surface area contributed by atoms with E-state index in [1.165, 1.54) is 7.11 Å². The lowest BCUT2D eigenvalue weighted by molar-refractivity contribution is -0.146. The topological polar surface area (TPSA) is 123 Å². The van der Waals surface area contributed by atoms with Crippen LogP contribution in [-0.4, -0.2) is 49.1 Å². The molecule has 0 aromatic heterocycles. The van der Waals surface area contributed by atoms with E-state index < -0.39 is 42.0 Å². The number of benzene rings is 1. The smallest absolute Gasteiger partial charge is 0.408 e. The second-order valence-electron chi connectivity index (χ2n) is 9.83. The number of amides is 3. The molecule has 0 bridgehead atoms. The summed E-state index contributed by atoms with van der Waals surface area (Å²) in [5.41, 5.74) is 0.825. The van der Waals surface area contributed by atoms with E-state index in [1.807, 2.05) is 58.0 Å². The van der Waals surface area contributed by atoms with Crippen LogP contribution in [0.25, 0.3) is 0 Å². The Kier molecular flexibility index (Phi) is 12.8. The first-order chi connectivity index (χ1) is 16.4. The number of carbonyl (C=O) groups excluding carboxylic acids is 4. The maximum Gasteiger partial charge on any atom is 0.408 e. The van der Waals surface area contributed by atoms with Gasteiger partial charge in [-0.25, -0.2) is 9.59 Å². The molecule has 0 saturated heterocycles. The average Bonchev–Trinajstić information content (AvgIpc) is 2.79. The number of rotatable bonds is 13. The molecule has 0 heterocycles. The number of carbonyl (C=O) groups is 4. The van der Waals surface area contributed by atoms with Crippen molar-refractivity contribution in [1.29, 1.82) is 0 Å². The molecule has 1 aromatic carbocycles. The van der Waals surface area contributed by atoms with Crippen LogP contribution in [0.15, 0.2) is 30.3 Å². The number of methoxy groups -OCH3 is 1. The largest absolute Gasteiger partial charge is 0.467 e. The molecule has 9 heteroatoms. The van der Waals surface area contributed by atoms with Crippen molar-refractivity contribution >= 4 is 23.9 Å². The fourth-order valence-corrected chi connectivity index (χ4v) is 3.46. The fraction of sp³-hybridized carbons (Fsp3) is 0.615. The Bertz CT molecular complexity index is 826. The molecule has 0 radical (unpaired) electrons. The molecule has 3 atom stereocenters. The maximum atomic E-state index is 13.1. The van der Waals surface area contributed by atoms with Gasteiger partial charge in [-0.1, -0.05) is 71.9 Å². The Morgan fingerprint density at radius 3 is 1.77 bits per heavy atom. The van der Waals surface area contributed by atoms with E-state index in [1.54, 1.807) is 13.8 Å². The van der Waals surface area contributed by atoms with Gasteiger partial charge < -0.3 is 25.4 Å². The maximum absolute atomic E-state index is 13.1. The lowest BCUT2D eigenvalue weighted by atomic mass is 9.99. The standard InChI is InChI=1S/C26H41N3O6/c1-16(2)13-20(24(31)29-22(18(5)6)25(32)34-7)27-23(30)21(14-17(3)4)28-26(33)35-15-19-11-9-8-10-12-19/h8-12,16-18,20-22H,13-15H2,1-7H3,(H,27,30)(H,28,33)(H,29,31)/t20-,21-,22-/m0/s1. The summed E-state index contributed by atoms with van der Waals surface area (Å²) in [4.78, 5) is 50.7. The summed E-state index contributed by atoms with van der Waals surface area (Å²) in [6.07, 6.45) is 0.000218. The Morgan fingerprint density at radius 2 is 1.29 bits per heavy atom. The summed E-state index contributed by atoms with van der Waals surface area (Å²) in [5.74, 6) is -1.53. The molecular weight excluding hydrogens is 450 g/mol. The zero-order valence-corrected chi connectivity index (χ0v) is 21.9. The first-order valence-corrected chi connectivity index (χ1v) is 12.1. The first kappa shape index (κ1) is 29.9. The van der Waals surface area contributed by atoms with Gasteiger partial charge in [0.1, 0.15) is 24.7 Å². The summed E-state index contributed by atoms with van der Waals surface area (Å²) < 4.78 is 10.1.